The van der Waals surface area contributed by atoms with Crippen LogP contribution in [0.5, 0.6) is 0 Å². The van der Waals surface area contributed by atoms with Crippen LogP contribution in [0.3, 0.4) is 0 Å². The van der Waals surface area contributed by atoms with Gasteiger partial charge in [0.05, 0.1) is 0 Å². The molecule has 18 heavy (non-hydrogen) atoms. The first-order valence-electron chi connectivity index (χ1n) is 6.71. The quantitative estimate of drug-likeness (QED) is 0.893. The van der Waals surface area contributed by atoms with Crippen molar-refractivity contribution in [1.29, 1.82) is 0 Å². The summed E-state index contributed by atoms with van der Waals surface area (Å²) in [5, 5.41) is 0. The molecule has 1 unspecified atom stereocenters. The summed E-state index contributed by atoms with van der Waals surface area (Å²) in [5.74, 6) is -0.187. The van der Waals surface area contributed by atoms with E-state index in [1.165, 1.54) is 25.0 Å². The summed E-state index contributed by atoms with van der Waals surface area (Å²) in [6, 6.07) is 6.97. The maximum atomic E-state index is 13.0. The van der Waals surface area contributed by atoms with E-state index in [9.17, 15) is 4.39 Å². The molecule has 0 spiro atoms. The predicted octanol–water partition coefficient (Wildman–Crippen LogP) is 2.95. The number of likely N-dealkylation sites (tertiary alicyclic amines) is 1. The highest BCUT2D eigenvalue weighted by Gasteiger charge is 2.30. The van der Waals surface area contributed by atoms with Crippen molar-refractivity contribution in [1.82, 2.24) is 4.90 Å². The molecule has 1 atom stereocenters. The van der Waals surface area contributed by atoms with Crippen LogP contribution >= 0.6 is 0 Å². The van der Waals surface area contributed by atoms with Crippen molar-refractivity contribution in [2.45, 2.75) is 32.7 Å². The average Bonchev–Trinajstić information content (AvgIpc) is 2.31. The van der Waals surface area contributed by atoms with Crippen molar-refractivity contribution in [3.63, 3.8) is 0 Å². The van der Waals surface area contributed by atoms with Gasteiger partial charge in [0, 0.05) is 19.1 Å². The molecule has 0 aliphatic carbocycles. The zero-order valence-corrected chi connectivity index (χ0v) is 11.3. The summed E-state index contributed by atoms with van der Waals surface area (Å²) >= 11 is 0. The molecule has 3 heteroatoms. The summed E-state index contributed by atoms with van der Waals surface area (Å²) in [6.07, 6.45) is 2.48. The Hall–Kier alpha value is -0.930. The van der Waals surface area contributed by atoms with Gasteiger partial charge in [0.25, 0.3) is 0 Å². The minimum Gasteiger partial charge on any atom is -0.329 e. The Kier molecular flexibility index (Phi) is 4.03. The zero-order chi connectivity index (χ0) is 13.2. The number of nitrogens with zero attached hydrogens (tertiary/aromatic N) is 1. The van der Waals surface area contributed by atoms with Crippen molar-refractivity contribution in [2.24, 2.45) is 11.1 Å². The van der Waals surface area contributed by atoms with E-state index in [1.54, 1.807) is 0 Å². The molecule has 2 nitrogen and oxygen atoms in total. The van der Waals surface area contributed by atoms with Crippen LogP contribution in [0.25, 0.3) is 0 Å². The number of hydrogen-bond acceptors (Lipinski definition) is 2. The topological polar surface area (TPSA) is 29.3 Å². The van der Waals surface area contributed by atoms with E-state index in [2.05, 4.69) is 18.7 Å². The third kappa shape index (κ3) is 3.09. The van der Waals surface area contributed by atoms with Gasteiger partial charge in [-0.05, 0) is 42.5 Å². The number of rotatable bonds is 3. The van der Waals surface area contributed by atoms with Crippen molar-refractivity contribution >= 4 is 0 Å². The lowest BCUT2D eigenvalue weighted by Crippen LogP contribution is -2.44. The summed E-state index contributed by atoms with van der Waals surface area (Å²) in [6.45, 7) is 7.34. The third-order valence-corrected chi connectivity index (χ3v) is 3.85. The van der Waals surface area contributed by atoms with Crippen LogP contribution in [-0.2, 0) is 0 Å². The second kappa shape index (κ2) is 5.37. The van der Waals surface area contributed by atoms with E-state index in [1.807, 2.05) is 12.1 Å². The van der Waals surface area contributed by atoms with Crippen LogP contribution in [0, 0.1) is 11.2 Å². The van der Waals surface area contributed by atoms with E-state index in [0.717, 1.165) is 18.7 Å². The second-order valence-electron chi connectivity index (χ2n) is 6.04. The summed E-state index contributed by atoms with van der Waals surface area (Å²) in [5.41, 5.74) is 7.40. The Morgan fingerprint density at radius 1 is 1.33 bits per heavy atom. The molecule has 0 radical (unpaired) electrons. The van der Waals surface area contributed by atoms with Crippen LogP contribution in [0.4, 0.5) is 4.39 Å². The van der Waals surface area contributed by atoms with E-state index in [0.29, 0.717) is 12.0 Å². The molecule has 2 N–H and O–H groups in total. The van der Waals surface area contributed by atoms with Gasteiger partial charge < -0.3 is 5.73 Å². The first-order chi connectivity index (χ1) is 8.52. The summed E-state index contributed by atoms with van der Waals surface area (Å²) in [4.78, 5) is 2.44. The monoisotopic (exact) mass is 250 g/mol. The van der Waals surface area contributed by atoms with Crippen LogP contribution in [0.2, 0.25) is 0 Å². The van der Waals surface area contributed by atoms with Gasteiger partial charge in [-0.1, -0.05) is 26.0 Å². The molecule has 1 aliphatic rings. The van der Waals surface area contributed by atoms with E-state index in [-0.39, 0.29) is 11.9 Å². The third-order valence-electron chi connectivity index (χ3n) is 3.85. The zero-order valence-electron chi connectivity index (χ0n) is 11.3. The summed E-state index contributed by atoms with van der Waals surface area (Å²) < 4.78 is 13.0. The van der Waals surface area contributed by atoms with E-state index < -0.39 is 0 Å². The highest BCUT2D eigenvalue weighted by molar-refractivity contribution is 5.20. The van der Waals surface area contributed by atoms with Crippen molar-refractivity contribution in [2.75, 3.05) is 19.6 Å². The van der Waals surface area contributed by atoms with Gasteiger partial charge in [-0.2, -0.15) is 0 Å². The minimum atomic E-state index is -0.187. The largest absolute Gasteiger partial charge is 0.329 e. The van der Waals surface area contributed by atoms with E-state index in [4.69, 9.17) is 5.73 Å². The number of hydrogen-bond donors (Lipinski definition) is 1. The standard InChI is InChI=1S/C15H23FN2/c1-15(2)8-3-9-18(11-15)14(10-17)12-4-6-13(16)7-5-12/h4-7,14H,3,8-11,17H2,1-2H3. The van der Waals surface area contributed by atoms with Gasteiger partial charge in [-0.25, -0.2) is 4.39 Å². The number of benzene rings is 1. The predicted molar refractivity (Wildman–Crippen MR) is 72.8 cm³/mol. The van der Waals surface area contributed by atoms with Crippen LogP contribution in [0.1, 0.15) is 38.3 Å². The maximum Gasteiger partial charge on any atom is 0.123 e. The van der Waals surface area contributed by atoms with Gasteiger partial charge in [0.2, 0.25) is 0 Å². The number of piperidine rings is 1. The molecule has 0 aromatic heterocycles. The molecule has 1 fully saturated rings. The Morgan fingerprint density at radius 3 is 2.56 bits per heavy atom. The molecular formula is C15H23FN2. The molecule has 0 amide bonds. The molecule has 1 heterocycles. The van der Waals surface area contributed by atoms with Gasteiger partial charge in [-0.15, -0.1) is 0 Å². The highest BCUT2D eigenvalue weighted by Crippen LogP contribution is 2.33. The summed E-state index contributed by atoms with van der Waals surface area (Å²) in [7, 11) is 0. The first-order valence-corrected chi connectivity index (χ1v) is 6.71. The molecule has 0 bridgehead atoms. The lowest BCUT2D eigenvalue weighted by atomic mass is 9.83. The van der Waals surface area contributed by atoms with Crippen molar-refractivity contribution in [3.05, 3.63) is 35.6 Å². The van der Waals surface area contributed by atoms with Gasteiger partial charge in [0.1, 0.15) is 5.82 Å². The second-order valence-corrected chi connectivity index (χ2v) is 6.04. The Bertz CT molecular complexity index is 386. The molecule has 1 saturated heterocycles. The van der Waals surface area contributed by atoms with Crippen molar-refractivity contribution < 1.29 is 4.39 Å². The molecule has 1 aromatic rings. The SMILES string of the molecule is CC1(C)CCCN(C(CN)c2ccc(F)cc2)C1. The molecule has 1 aromatic carbocycles. The Balaban J connectivity index is 2.15. The first kappa shape index (κ1) is 13.5. The van der Waals surface area contributed by atoms with Crippen molar-refractivity contribution in [3.8, 4) is 0 Å². The molecular weight excluding hydrogens is 227 g/mol. The lowest BCUT2D eigenvalue weighted by molar-refractivity contribution is 0.0806. The fraction of sp³-hybridized carbons (Fsp3) is 0.600. The Labute approximate surface area is 109 Å². The lowest BCUT2D eigenvalue weighted by Gasteiger charge is -2.42. The molecule has 0 saturated carbocycles. The molecule has 100 valence electrons. The number of nitrogens with two attached hydrogens (primary N) is 1. The number of halogens is 1. The van der Waals surface area contributed by atoms with Gasteiger partial charge in [-0.3, -0.25) is 4.90 Å². The minimum absolute atomic E-state index is 0.187. The van der Waals surface area contributed by atoms with E-state index >= 15 is 0 Å². The Morgan fingerprint density at radius 2 is 2.00 bits per heavy atom. The van der Waals surface area contributed by atoms with Crippen LogP contribution in [0.15, 0.2) is 24.3 Å². The average molecular weight is 250 g/mol. The molecule has 2 rings (SSSR count). The van der Waals surface area contributed by atoms with Gasteiger partial charge >= 0.3 is 0 Å². The van der Waals surface area contributed by atoms with Crippen LogP contribution < -0.4 is 5.73 Å². The maximum absolute atomic E-state index is 13.0. The van der Waals surface area contributed by atoms with Gasteiger partial charge in [0.15, 0.2) is 0 Å². The normalized spacial score (nSPS) is 21.8. The molecule has 1 aliphatic heterocycles. The highest BCUT2D eigenvalue weighted by atomic mass is 19.1. The fourth-order valence-electron chi connectivity index (χ4n) is 2.92. The fourth-order valence-corrected chi connectivity index (χ4v) is 2.92. The van der Waals surface area contributed by atoms with Crippen LogP contribution in [-0.4, -0.2) is 24.5 Å². The smallest absolute Gasteiger partial charge is 0.123 e.